The van der Waals surface area contributed by atoms with Crippen molar-refractivity contribution in [3.63, 3.8) is 0 Å². The Labute approximate surface area is 81.1 Å². The molecule has 0 N–H and O–H groups in total. The van der Waals surface area contributed by atoms with E-state index in [-0.39, 0.29) is 0 Å². The summed E-state index contributed by atoms with van der Waals surface area (Å²) in [5, 5.41) is 0. The molecule has 0 bridgehead atoms. The summed E-state index contributed by atoms with van der Waals surface area (Å²) in [6.07, 6.45) is 0. The van der Waals surface area contributed by atoms with Crippen LogP contribution in [0.2, 0.25) is 14.8 Å². The van der Waals surface area contributed by atoms with Crippen molar-refractivity contribution in [3.05, 3.63) is 24.3 Å². The molecule has 0 fully saturated rings. The summed E-state index contributed by atoms with van der Waals surface area (Å²) in [5.41, 5.74) is 0. The SMILES string of the molecule is [CH3][Sn]([CH3])([CH3])[c]1ccccc1[SeH]. The molecule has 0 aliphatic heterocycles. The number of benzene rings is 1. The zero-order valence-electron chi connectivity index (χ0n) is 7.26. The van der Waals surface area contributed by atoms with Gasteiger partial charge in [0, 0.05) is 0 Å². The van der Waals surface area contributed by atoms with E-state index in [1.165, 1.54) is 4.46 Å². The number of rotatable bonds is 1. The molecule has 0 heterocycles. The molecular weight excluding hydrogens is 306 g/mol. The standard InChI is InChI=1S/C6H5Se.3CH3.Sn/c7-6-4-2-1-3-5-6;;;;/h1-4,7H;3*1H3;. The fourth-order valence-corrected chi connectivity index (χ4v) is 10.3. The Morgan fingerprint density at radius 3 is 2.00 bits per heavy atom. The molecule has 1 aromatic carbocycles. The number of hydrogen-bond donors (Lipinski definition) is 0. The summed E-state index contributed by atoms with van der Waals surface area (Å²) in [4.78, 5) is 7.34. The van der Waals surface area contributed by atoms with Crippen LogP contribution in [0.25, 0.3) is 0 Å². The van der Waals surface area contributed by atoms with E-state index in [0.29, 0.717) is 0 Å². The second kappa shape index (κ2) is 3.51. The summed E-state index contributed by atoms with van der Waals surface area (Å²) < 4.78 is 3.05. The van der Waals surface area contributed by atoms with Crippen molar-refractivity contribution in [3.8, 4) is 0 Å². The van der Waals surface area contributed by atoms with Crippen molar-refractivity contribution in [2.45, 2.75) is 14.8 Å². The Kier molecular flexibility index (Phi) is 3.07. The quantitative estimate of drug-likeness (QED) is 0.671. The van der Waals surface area contributed by atoms with Crippen molar-refractivity contribution in [1.82, 2.24) is 0 Å². The van der Waals surface area contributed by atoms with E-state index in [9.17, 15) is 0 Å². The molecule has 60 valence electrons. The van der Waals surface area contributed by atoms with Crippen molar-refractivity contribution < 1.29 is 0 Å². The van der Waals surface area contributed by atoms with Gasteiger partial charge in [-0.1, -0.05) is 0 Å². The second-order valence-corrected chi connectivity index (χ2v) is 19.2. The first-order chi connectivity index (χ1) is 5.02. The fraction of sp³-hybridized carbons (Fsp3) is 0.333. The maximum absolute atomic E-state index is 2.67. The molecule has 0 radical (unpaired) electrons. The van der Waals surface area contributed by atoms with Crippen molar-refractivity contribution in [2.24, 2.45) is 0 Å². The van der Waals surface area contributed by atoms with E-state index >= 15 is 0 Å². The predicted octanol–water partition coefficient (Wildman–Crippen LogP) is 0.758. The van der Waals surface area contributed by atoms with E-state index in [0.717, 1.165) is 0 Å². The number of hydrogen-bond acceptors (Lipinski definition) is 0. The van der Waals surface area contributed by atoms with Crippen LogP contribution < -0.4 is 8.04 Å². The van der Waals surface area contributed by atoms with Crippen LogP contribution in [0.3, 0.4) is 0 Å². The van der Waals surface area contributed by atoms with Gasteiger partial charge in [-0.25, -0.2) is 0 Å². The van der Waals surface area contributed by atoms with E-state index < -0.39 is 18.4 Å². The Balaban J connectivity index is 3.14. The first kappa shape index (κ1) is 9.62. The average Bonchev–Trinajstić information content (AvgIpc) is 1.86. The van der Waals surface area contributed by atoms with Gasteiger partial charge in [-0.3, -0.25) is 0 Å². The zero-order valence-corrected chi connectivity index (χ0v) is 12.0. The van der Waals surface area contributed by atoms with Gasteiger partial charge in [0.25, 0.3) is 0 Å². The summed E-state index contributed by atoms with van der Waals surface area (Å²) in [7, 11) is 0. The van der Waals surface area contributed by atoms with Crippen molar-refractivity contribution >= 4 is 42.4 Å². The zero-order chi connectivity index (χ0) is 8.48. The van der Waals surface area contributed by atoms with E-state index in [1.54, 1.807) is 3.58 Å². The molecule has 0 unspecified atom stereocenters. The van der Waals surface area contributed by atoms with Crippen LogP contribution in [0, 0.1) is 0 Å². The average molecular weight is 320 g/mol. The van der Waals surface area contributed by atoms with E-state index in [2.05, 4.69) is 55.1 Å². The summed E-state index contributed by atoms with van der Waals surface area (Å²) in [6, 6.07) is 8.73. The third-order valence-corrected chi connectivity index (χ3v) is 9.69. The Morgan fingerprint density at radius 2 is 1.64 bits per heavy atom. The molecule has 0 saturated carbocycles. The normalized spacial score (nSPS) is 11.6. The predicted molar refractivity (Wildman–Crippen MR) is 56.2 cm³/mol. The monoisotopic (exact) mass is 322 g/mol. The Hall–Kier alpha value is 0.538. The fourth-order valence-electron chi connectivity index (χ4n) is 1.11. The van der Waals surface area contributed by atoms with Crippen molar-refractivity contribution in [2.75, 3.05) is 0 Å². The second-order valence-electron chi connectivity index (χ2n) is 3.77. The molecule has 0 spiro atoms. The molecule has 11 heavy (non-hydrogen) atoms. The first-order valence-corrected chi connectivity index (χ1v) is 14.7. The minimum absolute atomic E-state index is 1.42. The van der Waals surface area contributed by atoms with Crippen LogP contribution in [0.5, 0.6) is 0 Å². The molecule has 0 aliphatic carbocycles. The van der Waals surface area contributed by atoms with Gasteiger partial charge in [0.1, 0.15) is 0 Å². The molecule has 0 nitrogen and oxygen atoms in total. The summed E-state index contributed by atoms with van der Waals surface area (Å²) in [5.74, 6) is 0. The van der Waals surface area contributed by atoms with Gasteiger partial charge < -0.3 is 0 Å². The third kappa shape index (κ3) is 2.50. The van der Waals surface area contributed by atoms with Gasteiger partial charge in [0.15, 0.2) is 0 Å². The van der Waals surface area contributed by atoms with Crippen LogP contribution in [-0.4, -0.2) is 34.4 Å². The molecule has 1 aromatic rings. The van der Waals surface area contributed by atoms with Gasteiger partial charge in [-0.05, 0) is 0 Å². The Morgan fingerprint density at radius 1 is 1.09 bits per heavy atom. The van der Waals surface area contributed by atoms with Gasteiger partial charge >= 0.3 is 81.5 Å². The summed E-state index contributed by atoms with van der Waals surface area (Å²) >= 11 is 0.884. The molecule has 0 atom stereocenters. The Bertz CT molecular complexity index is 250. The van der Waals surface area contributed by atoms with Crippen molar-refractivity contribution in [1.29, 1.82) is 0 Å². The molecule has 2 heteroatoms. The van der Waals surface area contributed by atoms with Crippen LogP contribution in [-0.2, 0) is 0 Å². The van der Waals surface area contributed by atoms with Crippen LogP contribution in [0.15, 0.2) is 24.3 Å². The van der Waals surface area contributed by atoms with Gasteiger partial charge in [0.05, 0.1) is 0 Å². The molecule has 0 saturated heterocycles. The molecular formula is C9H14SeSn. The van der Waals surface area contributed by atoms with E-state index in [4.69, 9.17) is 0 Å². The van der Waals surface area contributed by atoms with Crippen LogP contribution in [0.4, 0.5) is 0 Å². The van der Waals surface area contributed by atoms with Gasteiger partial charge in [-0.15, -0.1) is 0 Å². The molecule has 1 rings (SSSR count). The van der Waals surface area contributed by atoms with Crippen LogP contribution >= 0.6 is 0 Å². The third-order valence-electron chi connectivity index (χ3n) is 1.71. The summed E-state index contributed by atoms with van der Waals surface area (Å²) in [6.45, 7) is 0. The van der Waals surface area contributed by atoms with Gasteiger partial charge in [-0.2, -0.15) is 0 Å². The van der Waals surface area contributed by atoms with E-state index in [1.807, 2.05) is 0 Å². The first-order valence-electron chi connectivity index (χ1n) is 3.80. The molecule has 0 aliphatic rings. The molecule has 0 aromatic heterocycles. The molecule has 0 amide bonds. The van der Waals surface area contributed by atoms with Crippen LogP contribution in [0.1, 0.15) is 0 Å². The topological polar surface area (TPSA) is 0 Å². The minimum atomic E-state index is -1.79. The maximum atomic E-state index is 2.67. The van der Waals surface area contributed by atoms with Gasteiger partial charge in [0.2, 0.25) is 0 Å².